The maximum absolute atomic E-state index is 15.2. The lowest BCUT2D eigenvalue weighted by Gasteiger charge is -2.26. The molecular weight excluding hydrogens is 515 g/mol. The smallest absolute Gasteiger partial charge is 0.255 e. The van der Waals surface area contributed by atoms with Gasteiger partial charge in [0.15, 0.2) is 17.4 Å². The van der Waals surface area contributed by atoms with Gasteiger partial charge in [-0.3, -0.25) is 0 Å². The molecule has 0 fully saturated rings. The highest BCUT2D eigenvalue weighted by molar-refractivity contribution is 5.63. The summed E-state index contributed by atoms with van der Waals surface area (Å²) in [5, 5.41) is 0. The third-order valence-corrected chi connectivity index (χ3v) is 7.68. The monoisotopic (exact) mass is 563 g/mol. The van der Waals surface area contributed by atoms with Crippen LogP contribution in [0.1, 0.15) is 102 Å². The van der Waals surface area contributed by atoms with Gasteiger partial charge in [0.05, 0.1) is 12.3 Å². The fourth-order valence-electron chi connectivity index (χ4n) is 5.29. The summed E-state index contributed by atoms with van der Waals surface area (Å²) in [4.78, 5) is 3.90. The van der Waals surface area contributed by atoms with Crippen LogP contribution in [0.5, 0.6) is 5.75 Å². The van der Waals surface area contributed by atoms with Crippen molar-refractivity contribution in [3.05, 3.63) is 46.9 Å². The van der Waals surface area contributed by atoms with Gasteiger partial charge in [-0.1, -0.05) is 58.8 Å². The Hall–Kier alpha value is -2.12. The molecule has 1 aromatic heterocycles. The molecule has 0 bridgehead atoms. The van der Waals surface area contributed by atoms with Crippen molar-refractivity contribution in [1.29, 1.82) is 0 Å². The van der Waals surface area contributed by atoms with Crippen molar-refractivity contribution >= 4 is 0 Å². The Labute approximate surface area is 239 Å². The summed E-state index contributed by atoms with van der Waals surface area (Å²) in [5.41, 5.74) is 1.34. The van der Waals surface area contributed by atoms with Crippen LogP contribution >= 0.6 is 0 Å². The highest BCUT2D eigenvalue weighted by atomic mass is 19.2. The summed E-state index contributed by atoms with van der Waals surface area (Å²) in [6.07, 6.45) is 13.9. The van der Waals surface area contributed by atoms with Crippen molar-refractivity contribution in [3.8, 4) is 17.0 Å². The third kappa shape index (κ3) is 10.4. The van der Waals surface area contributed by atoms with Crippen LogP contribution in [0.15, 0.2) is 18.2 Å². The molecule has 1 atom stereocenters. The number of aryl methyl sites for hydroxylation is 1. The second kappa shape index (κ2) is 18.3. The first kappa shape index (κ1) is 32.4. The average Bonchev–Trinajstić information content (AvgIpc) is 2.96. The van der Waals surface area contributed by atoms with E-state index in [-0.39, 0.29) is 17.0 Å². The molecule has 40 heavy (non-hydrogen) atoms. The van der Waals surface area contributed by atoms with Gasteiger partial charge in [0, 0.05) is 38.4 Å². The van der Waals surface area contributed by atoms with Gasteiger partial charge in [-0.15, -0.1) is 0 Å². The van der Waals surface area contributed by atoms with Crippen molar-refractivity contribution in [2.75, 3.05) is 33.0 Å². The Morgan fingerprint density at radius 2 is 1.45 bits per heavy atom. The first-order valence-electron chi connectivity index (χ1n) is 15.5. The molecule has 0 radical (unpaired) electrons. The summed E-state index contributed by atoms with van der Waals surface area (Å²) in [6, 6.07) is 4.57. The summed E-state index contributed by atoms with van der Waals surface area (Å²) in [7, 11) is 0. The van der Waals surface area contributed by atoms with Crippen molar-refractivity contribution < 1.29 is 27.4 Å². The van der Waals surface area contributed by atoms with E-state index in [1.54, 1.807) is 6.07 Å². The average molecular weight is 564 g/mol. The summed E-state index contributed by atoms with van der Waals surface area (Å²) in [5.74, 6) is -2.25. The number of rotatable bonds is 20. The van der Waals surface area contributed by atoms with Crippen molar-refractivity contribution in [2.24, 2.45) is 5.92 Å². The number of ether oxygens (including phenoxy) is 3. The SMILES string of the molecule is CCCCCOCCCCCC1CCc2cc(-c3ccc(OCCCOCCCCC)c(F)n3)c(F)c(F)c2C1. The first-order valence-corrected chi connectivity index (χ1v) is 15.5. The van der Waals surface area contributed by atoms with Gasteiger partial charge in [-0.25, -0.2) is 13.8 Å². The molecule has 7 heteroatoms. The predicted molar refractivity (Wildman–Crippen MR) is 154 cm³/mol. The summed E-state index contributed by atoms with van der Waals surface area (Å²) < 4.78 is 61.7. The van der Waals surface area contributed by atoms with Crippen LogP contribution in [-0.2, 0) is 22.3 Å². The van der Waals surface area contributed by atoms with E-state index in [4.69, 9.17) is 14.2 Å². The second-order valence-electron chi connectivity index (χ2n) is 11.0. The van der Waals surface area contributed by atoms with Crippen molar-refractivity contribution in [3.63, 3.8) is 0 Å². The van der Waals surface area contributed by atoms with Crippen LogP contribution < -0.4 is 4.74 Å². The van der Waals surface area contributed by atoms with Crippen LogP contribution in [-0.4, -0.2) is 38.0 Å². The number of hydrogen-bond acceptors (Lipinski definition) is 4. The van der Waals surface area contributed by atoms with E-state index in [0.29, 0.717) is 44.0 Å². The molecule has 1 aromatic carbocycles. The Bertz CT molecular complexity index is 1020. The van der Waals surface area contributed by atoms with Gasteiger partial charge in [0.2, 0.25) is 0 Å². The fraction of sp³-hybridized carbons (Fsp3) is 0.667. The van der Waals surface area contributed by atoms with Gasteiger partial charge in [0.1, 0.15) is 0 Å². The van der Waals surface area contributed by atoms with E-state index in [2.05, 4.69) is 18.8 Å². The van der Waals surface area contributed by atoms with Gasteiger partial charge in [-0.05, 0) is 73.8 Å². The normalized spacial score (nSPS) is 14.9. The fourth-order valence-corrected chi connectivity index (χ4v) is 5.29. The minimum Gasteiger partial charge on any atom is -0.489 e. The second-order valence-corrected chi connectivity index (χ2v) is 11.0. The lowest BCUT2D eigenvalue weighted by atomic mass is 9.80. The van der Waals surface area contributed by atoms with Gasteiger partial charge in [-0.2, -0.15) is 4.39 Å². The Kier molecular flexibility index (Phi) is 14.9. The number of nitrogens with zero attached hydrogens (tertiary/aromatic N) is 1. The minimum atomic E-state index is -0.958. The quantitative estimate of drug-likeness (QED) is 0.119. The van der Waals surface area contributed by atoms with Crippen LogP contribution in [0, 0.1) is 23.5 Å². The Morgan fingerprint density at radius 3 is 2.12 bits per heavy atom. The van der Waals surface area contributed by atoms with Crippen LogP contribution in [0.2, 0.25) is 0 Å². The lowest BCUT2D eigenvalue weighted by Crippen LogP contribution is -2.17. The molecule has 1 unspecified atom stereocenters. The molecule has 0 amide bonds. The van der Waals surface area contributed by atoms with Crippen LogP contribution in [0.4, 0.5) is 13.2 Å². The zero-order chi connectivity index (χ0) is 28.6. The number of unbranched alkanes of at least 4 members (excludes halogenated alkanes) is 6. The van der Waals surface area contributed by atoms with E-state index < -0.39 is 17.6 Å². The maximum atomic E-state index is 15.2. The molecule has 0 saturated heterocycles. The standard InChI is InChI=1S/C33H48F3NO3/c1-3-5-9-18-38-20-11-7-8-13-25-14-15-26-24-28(32(35)31(34)27(26)23-25)29-16-17-30(33(36)37-29)40-22-12-21-39-19-10-6-4-2/h16-17,24-25H,3-15,18-23H2,1-2H3. The van der Waals surface area contributed by atoms with Crippen molar-refractivity contribution in [2.45, 2.75) is 104 Å². The molecule has 224 valence electrons. The molecule has 4 nitrogen and oxygen atoms in total. The largest absolute Gasteiger partial charge is 0.489 e. The van der Waals surface area contributed by atoms with Gasteiger partial charge in [0.25, 0.3) is 5.95 Å². The minimum absolute atomic E-state index is 0.000402. The maximum Gasteiger partial charge on any atom is 0.255 e. The number of aromatic nitrogens is 1. The van der Waals surface area contributed by atoms with Gasteiger partial charge >= 0.3 is 0 Å². The number of hydrogen-bond donors (Lipinski definition) is 0. The van der Waals surface area contributed by atoms with Gasteiger partial charge < -0.3 is 14.2 Å². The molecule has 0 saturated carbocycles. The predicted octanol–water partition coefficient (Wildman–Crippen LogP) is 9.01. The van der Waals surface area contributed by atoms with E-state index in [0.717, 1.165) is 83.2 Å². The molecule has 3 rings (SSSR count). The molecule has 1 aliphatic carbocycles. The molecule has 1 aliphatic rings. The van der Waals surface area contributed by atoms with E-state index in [9.17, 15) is 4.39 Å². The first-order chi connectivity index (χ1) is 19.5. The molecule has 0 spiro atoms. The number of halogens is 3. The van der Waals surface area contributed by atoms with Crippen LogP contribution in [0.3, 0.4) is 0 Å². The molecular formula is C33H48F3NO3. The molecule has 0 aliphatic heterocycles. The topological polar surface area (TPSA) is 40.6 Å². The zero-order valence-corrected chi connectivity index (χ0v) is 24.6. The third-order valence-electron chi connectivity index (χ3n) is 7.68. The number of fused-ring (bicyclic) bond motifs is 1. The number of benzene rings is 1. The Morgan fingerprint density at radius 1 is 0.775 bits per heavy atom. The molecule has 1 heterocycles. The highest BCUT2D eigenvalue weighted by Crippen LogP contribution is 2.36. The Balaban J connectivity index is 1.47. The molecule has 2 aromatic rings. The van der Waals surface area contributed by atoms with Crippen molar-refractivity contribution in [1.82, 2.24) is 4.98 Å². The van der Waals surface area contributed by atoms with E-state index in [1.165, 1.54) is 25.0 Å². The highest BCUT2D eigenvalue weighted by Gasteiger charge is 2.26. The van der Waals surface area contributed by atoms with Crippen LogP contribution in [0.25, 0.3) is 11.3 Å². The van der Waals surface area contributed by atoms with E-state index >= 15 is 8.78 Å². The summed E-state index contributed by atoms with van der Waals surface area (Å²) >= 11 is 0. The lowest BCUT2D eigenvalue weighted by molar-refractivity contribution is 0.115. The summed E-state index contributed by atoms with van der Waals surface area (Å²) in [6.45, 7) is 7.53. The van der Waals surface area contributed by atoms with E-state index in [1.807, 2.05) is 0 Å². The zero-order valence-electron chi connectivity index (χ0n) is 24.6. The number of pyridine rings is 1. The molecule has 0 N–H and O–H groups in total.